The Kier molecular flexibility index (Phi) is 4.25. The zero-order valence-electron chi connectivity index (χ0n) is 13.9. The maximum Gasteiger partial charge on any atom is 0.248 e. The fourth-order valence-corrected chi connectivity index (χ4v) is 2.98. The summed E-state index contributed by atoms with van der Waals surface area (Å²) in [4.78, 5) is 18.8. The molecule has 134 valence electrons. The third kappa shape index (κ3) is 3.22. The quantitative estimate of drug-likeness (QED) is 0.509. The highest BCUT2D eigenvalue weighted by atomic mass is 35.5. The predicted molar refractivity (Wildman–Crippen MR) is 101 cm³/mol. The summed E-state index contributed by atoms with van der Waals surface area (Å²) in [5, 5.41) is 11.4. The summed E-state index contributed by atoms with van der Waals surface area (Å²) in [6.07, 6.45) is 1.49. The van der Waals surface area contributed by atoms with Crippen molar-refractivity contribution in [1.29, 1.82) is 0 Å². The number of H-pyrrole nitrogens is 1. The van der Waals surface area contributed by atoms with Gasteiger partial charge in [0.25, 0.3) is 0 Å². The van der Waals surface area contributed by atoms with Crippen molar-refractivity contribution in [2.45, 2.75) is 0 Å². The number of nitrogens with one attached hydrogen (secondary N) is 1. The molecule has 0 aliphatic heterocycles. The Morgan fingerprint density at radius 3 is 2.30 bits per heavy atom. The Morgan fingerprint density at radius 2 is 1.63 bits per heavy atom. The molecule has 0 unspecified atom stereocenters. The molecule has 4 rings (SSSR count). The second kappa shape index (κ2) is 6.74. The van der Waals surface area contributed by atoms with Crippen LogP contribution in [0.3, 0.4) is 0 Å². The zero-order valence-corrected chi connectivity index (χ0v) is 14.6. The average Bonchev–Trinajstić information content (AvgIpc) is 3.00. The monoisotopic (exact) mass is 381 g/mol. The van der Waals surface area contributed by atoms with Crippen LogP contribution >= 0.6 is 11.6 Å². The molecule has 2 N–H and O–H groups in total. The highest BCUT2D eigenvalue weighted by Gasteiger charge is 2.21. The van der Waals surface area contributed by atoms with Gasteiger partial charge in [0, 0.05) is 34.0 Å². The van der Waals surface area contributed by atoms with Crippen molar-refractivity contribution in [3.8, 4) is 33.9 Å². The largest absolute Gasteiger partial charge is 0.426 e. The summed E-state index contributed by atoms with van der Waals surface area (Å²) < 4.78 is 14.3. The van der Waals surface area contributed by atoms with Crippen molar-refractivity contribution < 1.29 is 9.60 Å². The van der Waals surface area contributed by atoms with E-state index in [1.165, 1.54) is 24.4 Å². The molecule has 0 aliphatic rings. The summed E-state index contributed by atoms with van der Waals surface area (Å²) in [5.41, 5.74) is 2.17. The number of rotatable bonds is 3. The van der Waals surface area contributed by atoms with E-state index in [1.807, 2.05) is 0 Å². The number of benzene rings is 2. The van der Waals surface area contributed by atoms with E-state index in [1.54, 1.807) is 42.5 Å². The maximum absolute atomic E-state index is 13.3. The molecule has 0 bridgehead atoms. The molecule has 4 aromatic rings. The number of nitrogens with zero attached hydrogens (tertiary/aromatic N) is 2. The van der Waals surface area contributed by atoms with Crippen molar-refractivity contribution in [3.05, 3.63) is 88.1 Å². The standard InChI is InChI=1S/C20H13ClFN3O2/c21-15-5-1-13(2-6-15)20-24-18(12-3-7-16(22)8-4-12)19(25(20)27)14-9-10-23-17(26)11-14/h1-11,27H,(H,23,26). The number of aromatic nitrogens is 3. The van der Waals surface area contributed by atoms with E-state index in [9.17, 15) is 14.4 Å². The van der Waals surface area contributed by atoms with E-state index < -0.39 is 0 Å². The van der Waals surface area contributed by atoms with Gasteiger partial charge in [-0.25, -0.2) is 9.37 Å². The van der Waals surface area contributed by atoms with E-state index in [0.717, 1.165) is 4.73 Å². The fraction of sp³-hybridized carbons (Fsp3) is 0. The lowest BCUT2D eigenvalue weighted by Gasteiger charge is -2.06. The normalized spacial score (nSPS) is 10.9. The summed E-state index contributed by atoms with van der Waals surface area (Å²) in [7, 11) is 0. The van der Waals surface area contributed by atoms with Crippen molar-refractivity contribution in [3.63, 3.8) is 0 Å². The summed E-state index contributed by atoms with van der Waals surface area (Å²) in [5.74, 6) is -0.0981. The molecule has 0 amide bonds. The molecule has 2 heterocycles. The number of halogens is 2. The minimum Gasteiger partial charge on any atom is -0.426 e. The van der Waals surface area contributed by atoms with Gasteiger partial charge >= 0.3 is 0 Å². The number of aromatic amines is 1. The topological polar surface area (TPSA) is 70.9 Å². The lowest BCUT2D eigenvalue weighted by Crippen LogP contribution is -2.04. The summed E-state index contributed by atoms with van der Waals surface area (Å²) >= 11 is 5.94. The van der Waals surface area contributed by atoms with Crippen LogP contribution in [-0.4, -0.2) is 19.9 Å². The van der Waals surface area contributed by atoms with Crippen LogP contribution in [0.1, 0.15) is 0 Å². The maximum atomic E-state index is 13.3. The predicted octanol–water partition coefficient (Wildman–Crippen LogP) is 4.60. The van der Waals surface area contributed by atoms with Crippen LogP contribution in [0.2, 0.25) is 5.02 Å². The average molecular weight is 382 g/mol. The minimum absolute atomic E-state index is 0.279. The molecule has 0 radical (unpaired) electrons. The zero-order chi connectivity index (χ0) is 19.0. The fourth-order valence-electron chi connectivity index (χ4n) is 2.86. The van der Waals surface area contributed by atoms with Gasteiger partial charge in [-0.15, -0.1) is 0 Å². The second-order valence-electron chi connectivity index (χ2n) is 5.90. The molecule has 0 saturated heterocycles. The highest BCUT2D eigenvalue weighted by Crippen LogP contribution is 2.35. The van der Waals surface area contributed by atoms with E-state index in [2.05, 4.69) is 9.97 Å². The number of hydrogen-bond donors (Lipinski definition) is 2. The van der Waals surface area contributed by atoms with Gasteiger partial charge in [-0.05, 0) is 54.6 Å². The summed E-state index contributed by atoms with van der Waals surface area (Å²) in [6, 6.07) is 15.6. The Bertz CT molecular complexity index is 1170. The van der Waals surface area contributed by atoms with Crippen LogP contribution in [-0.2, 0) is 0 Å². The van der Waals surface area contributed by atoms with Gasteiger partial charge in [0.1, 0.15) is 17.2 Å². The SMILES string of the molecule is O=c1cc(-c2c(-c3ccc(F)cc3)nc(-c3ccc(Cl)cc3)n2O)cc[nH]1. The lowest BCUT2D eigenvalue weighted by molar-refractivity contribution is 0.195. The first-order valence-electron chi connectivity index (χ1n) is 8.06. The van der Waals surface area contributed by atoms with Gasteiger partial charge in [-0.1, -0.05) is 11.6 Å². The molecule has 0 spiro atoms. The molecular formula is C20H13ClFN3O2. The van der Waals surface area contributed by atoms with E-state index in [-0.39, 0.29) is 17.2 Å². The second-order valence-corrected chi connectivity index (χ2v) is 6.34. The Morgan fingerprint density at radius 1 is 0.963 bits per heavy atom. The number of imidazole rings is 1. The van der Waals surface area contributed by atoms with Crippen molar-refractivity contribution in [2.75, 3.05) is 0 Å². The Labute approximate surface area is 158 Å². The molecule has 0 fully saturated rings. The van der Waals surface area contributed by atoms with Crippen LogP contribution in [0.4, 0.5) is 4.39 Å². The van der Waals surface area contributed by atoms with E-state index in [0.29, 0.717) is 33.1 Å². The number of pyridine rings is 1. The molecular weight excluding hydrogens is 369 g/mol. The van der Waals surface area contributed by atoms with Gasteiger partial charge in [0.2, 0.25) is 5.56 Å². The first-order valence-corrected chi connectivity index (χ1v) is 8.44. The summed E-state index contributed by atoms with van der Waals surface area (Å²) in [6.45, 7) is 0. The molecule has 0 saturated carbocycles. The minimum atomic E-state index is -0.377. The third-order valence-corrected chi connectivity index (χ3v) is 4.38. The first kappa shape index (κ1) is 17.1. The van der Waals surface area contributed by atoms with Gasteiger partial charge < -0.3 is 10.2 Å². The molecule has 0 aliphatic carbocycles. The van der Waals surface area contributed by atoms with Crippen LogP contribution in [0.15, 0.2) is 71.7 Å². The molecule has 2 aromatic heterocycles. The smallest absolute Gasteiger partial charge is 0.248 e. The van der Waals surface area contributed by atoms with Gasteiger partial charge in [-0.2, -0.15) is 4.73 Å². The van der Waals surface area contributed by atoms with Crippen LogP contribution < -0.4 is 5.56 Å². The van der Waals surface area contributed by atoms with Crippen LogP contribution in [0.5, 0.6) is 0 Å². The van der Waals surface area contributed by atoms with Gasteiger partial charge in [0.15, 0.2) is 5.82 Å². The van der Waals surface area contributed by atoms with Crippen molar-refractivity contribution in [2.24, 2.45) is 0 Å². The lowest BCUT2D eigenvalue weighted by atomic mass is 10.1. The van der Waals surface area contributed by atoms with Crippen LogP contribution in [0, 0.1) is 5.82 Å². The van der Waals surface area contributed by atoms with E-state index in [4.69, 9.17) is 11.6 Å². The van der Waals surface area contributed by atoms with Gasteiger partial charge in [0.05, 0.1) is 0 Å². The molecule has 7 heteroatoms. The third-order valence-electron chi connectivity index (χ3n) is 4.12. The Balaban J connectivity index is 1.98. The molecule has 2 aromatic carbocycles. The highest BCUT2D eigenvalue weighted by molar-refractivity contribution is 6.30. The van der Waals surface area contributed by atoms with Crippen molar-refractivity contribution in [1.82, 2.24) is 14.7 Å². The molecule has 27 heavy (non-hydrogen) atoms. The molecule has 0 atom stereocenters. The molecule has 5 nitrogen and oxygen atoms in total. The van der Waals surface area contributed by atoms with Crippen molar-refractivity contribution >= 4 is 11.6 Å². The van der Waals surface area contributed by atoms with Gasteiger partial charge in [-0.3, -0.25) is 4.79 Å². The van der Waals surface area contributed by atoms with Crippen LogP contribution in [0.25, 0.3) is 33.9 Å². The number of hydrogen-bond acceptors (Lipinski definition) is 3. The first-order chi connectivity index (χ1) is 13.0. The Hall–Kier alpha value is -3.38. The van der Waals surface area contributed by atoms with E-state index >= 15 is 0 Å².